The molecule has 0 aromatic heterocycles. The Bertz CT molecular complexity index is 532. The van der Waals surface area contributed by atoms with E-state index in [0.29, 0.717) is 5.92 Å². The molecule has 0 saturated carbocycles. The number of ether oxygens (including phenoxy) is 1. The Kier molecular flexibility index (Phi) is 3.03. The number of amides is 1. The molecule has 3 nitrogen and oxygen atoms in total. The lowest BCUT2D eigenvalue weighted by molar-refractivity contribution is -0.00913. The van der Waals surface area contributed by atoms with Crippen molar-refractivity contribution in [3.63, 3.8) is 0 Å². The van der Waals surface area contributed by atoms with Crippen LogP contribution in [-0.2, 0) is 4.74 Å². The van der Waals surface area contributed by atoms with Gasteiger partial charge in [0.2, 0.25) is 0 Å². The van der Waals surface area contributed by atoms with E-state index >= 15 is 0 Å². The lowest BCUT2D eigenvalue weighted by Gasteiger charge is -2.39. The third-order valence-electron chi connectivity index (χ3n) is 4.35. The summed E-state index contributed by atoms with van der Waals surface area (Å²) in [6.45, 7) is 8.01. The molecule has 3 atom stereocenters. The van der Waals surface area contributed by atoms with Crippen LogP contribution in [0.25, 0.3) is 0 Å². The second kappa shape index (κ2) is 4.51. The molecule has 0 spiro atoms. The summed E-state index contributed by atoms with van der Waals surface area (Å²) in [6, 6.07) is 8.84. The van der Waals surface area contributed by atoms with Crippen molar-refractivity contribution in [1.82, 2.24) is 4.90 Å². The average molecular weight is 273 g/mol. The van der Waals surface area contributed by atoms with E-state index in [1.807, 2.05) is 25.7 Å². The van der Waals surface area contributed by atoms with Crippen molar-refractivity contribution in [1.29, 1.82) is 0 Å². The molecule has 0 aliphatic carbocycles. The third kappa shape index (κ3) is 2.09. The van der Waals surface area contributed by atoms with Gasteiger partial charge in [0.1, 0.15) is 5.60 Å². The van der Waals surface area contributed by atoms with Crippen LogP contribution in [0.2, 0.25) is 0 Å². The van der Waals surface area contributed by atoms with Crippen LogP contribution in [0.5, 0.6) is 0 Å². The van der Waals surface area contributed by atoms with Gasteiger partial charge in [-0.2, -0.15) is 0 Å². The number of carbonyl (C=O) groups is 1. The highest BCUT2D eigenvalue weighted by molar-refractivity contribution is 5.71. The summed E-state index contributed by atoms with van der Waals surface area (Å²) in [6.07, 6.45) is 2.03. The monoisotopic (exact) mass is 273 g/mol. The largest absolute Gasteiger partial charge is 0.444 e. The summed E-state index contributed by atoms with van der Waals surface area (Å²) in [7, 11) is 0. The van der Waals surface area contributed by atoms with E-state index in [1.54, 1.807) is 0 Å². The Morgan fingerprint density at radius 2 is 1.85 bits per heavy atom. The topological polar surface area (TPSA) is 29.5 Å². The summed E-state index contributed by atoms with van der Waals surface area (Å²) < 4.78 is 5.62. The molecule has 0 radical (unpaired) electrons. The summed E-state index contributed by atoms with van der Waals surface area (Å²) in [5, 5.41) is 0. The van der Waals surface area contributed by atoms with Gasteiger partial charge in [-0.3, -0.25) is 4.90 Å². The summed E-state index contributed by atoms with van der Waals surface area (Å²) in [5.41, 5.74) is 2.18. The number of carbonyl (C=O) groups excluding carboxylic acids is 1. The van der Waals surface area contributed by atoms with Gasteiger partial charge in [-0.15, -0.1) is 0 Å². The highest BCUT2D eigenvalue weighted by Gasteiger charge is 2.47. The van der Waals surface area contributed by atoms with E-state index < -0.39 is 5.60 Å². The zero-order valence-electron chi connectivity index (χ0n) is 12.7. The first kappa shape index (κ1) is 13.5. The van der Waals surface area contributed by atoms with Gasteiger partial charge in [-0.05, 0) is 50.7 Å². The predicted molar refractivity (Wildman–Crippen MR) is 78.4 cm³/mol. The quantitative estimate of drug-likeness (QED) is 0.699. The Morgan fingerprint density at radius 3 is 2.50 bits per heavy atom. The van der Waals surface area contributed by atoms with Gasteiger partial charge in [0.15, 0.2) is 0 Å². The molecule has 2 bridgehead atoms. The fourth-order valence-electron chi connectivity index (χ4n) is 3.59. The fraction of sp³-hybridized carbons (Fsp3) is 0.588. The van der Waals surface area contributed by atoms with Crippen molar-refractivity contribution in [2.45, 2.75) is 58.2 Å². The van der Waals surface area contributed by atoms with Crippen LogP contribution < -0.4 is 0 Å². The number of hydrogen-bond acceptors (Lipinski definition) is 2. The van der Waals surface area contributed by atoms with E-state index in [1.165, 1.54) is 17.5 Å². The first-order valence-electron chi connectivity index (χ1n) is 7.48. The second-order valence-electron chi connectivity index (χ2n) is 7.03. The Morgan fingerprint density at radius 1 is 1.20 bits per heavy atom. The molecule has 3 heteroatoms. The fourth-order valence-corrected chi connectivity index (χ4v) is 3.59. The molecular weight excluding hydrogens is 250 g/mol. The number of piperidine rings is 1. The molecule has 2 heterocycles. The normalized spacial score (nSPS) is 28.2. The first-order valence-corrected chi connectivity index (χ1v) is 7.48. The maximum Gasteiger partial charge on any atom is 0.411 e. The number of hydrogen-bond donors (Lipinski definition) is 0. The van der Waals surface area contributed by atoms with Crippen LogP contribution in [0.4, 0.5) is 4.79 Å². The first-order chi connectivity index (χ1) is 9.38. The zero-order valence-corrected chi connectivity index (χ0v) is 12.7. The van der Waals surface area contributed by atoms with Crippen LogP contribution in [0.1, 0.15) is 63.7 Å². The highest BCUT2D eigenvalue weighted by atomic mass is 16.6. The van der Waals surface area contributed by atoms with Crippen LogP contribution in [0, 0.1) is 5.92 Å². The number of fused-ring (bicyclic) bond motifs is 5. The molecule has 1 saturated heterocycles. The average Bonchev–Trinajstić information content (AvgIpc) is 2.62. The predicted octanol–water partition coefficient (Wildman–Crippen LogP) is 4.45. The number of rotatable bonds is 0. The minimum atomic E-state index is -0.441. The van der Waals surface area contributed by atoms with Crippen LogP contribution in [0.15, 0.2) is 24.3 Å². The van der Waals surface area contributed by atoms with Gasteiger partial charge in [-0.25, -0.2) is 4.79 Å². The van der Waals surface area contributed by atoms with Gasteiger partial charge in [0.25, 0.3) is 0 Å². The molecule has 0 N–H and O–H groups in total. The van der Waals surface area contributed by atoms with Crippen molar-refractivity contribution >= 4 is 6.09 Å². The SMILES string of the molecule is C[C@H]1CC[C@H]2c3ccccc3[C@@H]1N2C(=O)OC(C)(C)C. The lowest BCUT2D eigenvalue weighted by Crippen LogP contribution is -2.42. The van der Waals surface area contributed by atoms with E-state index in [2.05, 4.69) is 31.2 Å². The second-order valence-corrected chi connectivity index (χ2v) is 7.03. The van der Waals surface area contributed by atoms with E-state index in [9.17, 15) is 4.79 Å². The van der Waals surface area contributed by atoms with E-state index in [4.69, 9.17) is 4.74 Å². The maximum atomic E-state index is 12.6. The van der Waals surface area contributed by atoms with Crippen molar-refractivity contribution in [3.8, 4) is 0 Å². The molecule has 2 aliphatic rings. The van der Waals surface area contributed by atoms with E-state index in [-0.39, 0.29) is 18.2 Å². The summed E-state index contributed by atoms with van der Waals surface area (Å²) >= 11 is 0. The van der Waals surface area contributed by atoms with Crippen molar-refractivity contribution < 1.29 is 9.53 Å². The molecule has 1 amide bonds. The van der Waals surface area contributed by atoms with Gasteiger partial charge in [0.05, 0.1) is 12.1 Å². The van der Waals surface area contributed by atoms with Gasteiger partial charge in [0, 0.05) is 0 Å². The smallest absolute Gasteiger partial charge is 0.411 e. The number of benzene rings is 1. The van der Waals surface area contributed by atoms with Gasteiger partial charge < -0.3 is 4.74 Å². The Balaban J connectivity index is 1.96. The van der Waals surface area contributed by atoms with Crippen molar-refractivity contribution in [2.75, 3.05) is 0 Å². The van der Waals surface area contributed by atoms with Gasteiger partial charge in [-0.1, -0.05) is 31.2 Å². The molecule has 108 valence electrons. The van der Waals surface area contributed by atoms with Gasteiger partial charge >= 0.3 is 6.09 Å². The molecular formula is C17H23NO2. The Labute approximate surface area is 120 Å². The van der Waals surface area contributed by atoms with E-state index in [0.717, 1.165) is 6.42 Å². The Hall–Kier alpha value is -1.51. The molecule has 1 aromatic carbocycles. The molecule has 2 aliphatic heterocycles. The maximum absolute atomic E-state index is 12.6. The summed E-state index contributed by atoms with van der Waals surface area (Å²) in [4.78, 5) is 14.6. The standard InChI is InChI=1S/C17H23NO2/c1-11-9-10-14-12-7-5-6-8-13(12)15(11)18(14)16(19)20-17(2,3)4/h5-8,11,14-15H,9-10H2,1-4H3/t11-,14-,15+/m0/s1. The van der Waals surface area contributed by atoms with Crippen molar-refractivity contribution in [3.05, 3.63) is 35.4 Å². The van der Waals surface area contributed by atoms with Crippen molar-refractivity contribution in [2.24, 2.45) is 5.92 Å². The number of nitrogens with zero attached hydrogens (tertiary/aromatic N) is 1. The third-order valence-corrected chi connectivity index (χ3v) is 4.35. The highest BCUT2D eigenvalue weighted by Crippen LogP contribution is 2.53. The molecule has 20 heavy (non-hydrogen) atoms. The lowest BCUT2D eigenvalue weighted by atomic mass is 9.90. The molecule has 0 unspecified atom stereocenters. The minimum Gasteiger partial charge on any atom is -0.444 e. The van der Waals surface area contributed by atoms with Crippen LogP contribution in [0.3, 0.4) is 0 Å². The summed E-state index contributed by atoms with van der Waals surface area (Å²) in [5.74, 6) is 0.488. The molecule has 1 fully saturated rings. The zero-order chi connectivity index (χ0) is 14.5. The van der Waals surface area contributed by atoms with Crippen LogP contribution >= 0.6 is 0 Å². The van der Waals surface area contributed by atoms with Crippen LogP contribution in [-0.4, -0.2) is 16.6 Å². The minimum absolute atomic E-state index is 0.171. The molecule has 3 rings (SSSR count). The molecule has 1 aromatic rings.